The summed E-state index contributed by atoms with van der Waals surface area (Å²) < 4.78 is 36.4. The number of aromatic hydroxyl groups is 1. The predicted molar refractivity (Wildman–Crippen MR) is 75.2 cm³/mol. The van der Waals surface area contributed by atoms with Crippen molar-refractivity contribution in [3.05, 3.63) is 24.3 Å². The van der Waals surface area contributed by atoms with Crippen LogP contribution in [-0.4, -0.2) is 47.0 Å². The fourth-order valence-corrected chi connectivity index (χ4v) is 2.63. The number of unbranched alkanes of at least 4 members (excludes halogenated alkanes) is 1. The topological polar surface area (TPSA) is 84.9 Å². The first kappa shape index (κ1) is 16.9. The van der Waals surface area contributed by atoms with Gasteiger partial charge in [-0.3, -0.25) is 0 Å². The molecule has 0 saturated heterocycles. The summed E-state index contributed by atoms with van der Waals surface area (Å²) in [4.78, 5) is 0.0637. The first-order chi connectivity index (χ1) is 9.56. The Kier molecular flexibility index (Phi) is 7.53. The Balaban J connectivity index is 2.24. The summed E-state index contributed by atoms with van der Waals surface area (Å²) in [6.45, 7) is 2.03. The van der Waals surface area contributed by atoms with E-state index in [1.165, 1.54) is 24.3 Å². The summed E-state index contributed by atoms with van der Waals surface area (Å²) in [7, 11) is -1.94. The first-order valence-corrected chi connectivity index (χ1v) is 7.90. The molecule has 1 aromatic carbocycles. The molecule has 0 amide bonds. The highest BCUT2D eigenvalue weighted by Crippen LogP contribution is 2.15. The number of hydrogen-bond donors (Lipinski definition) is 2. The third-order valence-corrected chi connectivity index (χ3v) is 4.03. The number of benzene rings is 1. The van der Waals surface area contributed by atoms with E-state index in [9.17, 15) is 13.5 Å². The summed E-state index contributed by atoms with van der Waals surface area (Å²) in [5, 5.41) is 9.27. The highest BCUT2D eigenvalue weighted by Gasteiger charge is 2.13. The first-order valence-electron chi connectivity index (χ1n) is 6.41. The zero-order valence-corrected chi connectivity index (χ0v) is 12.4. The Bertz CT molecular complexity index is 489. The standard InChI is InChI=1S/C13H21NO5S/c1-18-9-10-19-8-3-2-7-14-20(16,17)13-6-4-5-12(15)11-13/h4-6,11,14-15H,2-3,7-10H2,1H3. The summed E-state index contributed by atoms with van der Waals surface area (Å²) in [6, 6.07) is 5.58. The Labute approximate surface area is 119 Å². The third kappa shape index (κ3) is 6.33. The molecule has 0 aliphatic carbocycles. The van der Waals surface area contributed by atoms with Gasteiger partial charge in [0.25, 0.3) is 0 Å². The molecule has 0 aliphatic heterocycles. The summed E-state index contributed by atoms with van der Waals surface area (Å²) >= 11 is 0. The lowest BCUT2D eigenvalue weighted by molar-refractivity contribution is 0.0689. The number of ether oxygens (including phenoxy) is 2. The van der Waals surface area contributed by atoms with Gasteiger partial charge in [-0.1, -0.05) is 6.07 Å². The van der Waals surface area contributed by atoms with Crippen LogP contribution in [0.5, 0.6) is 5.75 Å². The molecular weight excluding hydrogens is 282 g/mol. The van der Waals surface area contributed by atoms with Gasteiger partial charge in [-0.15, -0.1) is 0 Å². The second-order valence-corrected chi connectivity index (χ2v) is 5.97. The molecule has 0 spiro atoms. The van der Waals surface area contributed by atoms with E-state index in [1.54, 1.807) is 7.11 Å². The molecule has 0 heterocycles. The maximum atomic E-state index is 11.9. The fraction of sp³-hybridized carbons (Fsp3) is 0.538. The van der Waals surface area contributed by atoms with E-state index in [2.05, 4.69) is 4.72 Å². The molecule has 0 aromatic heterocycles. The quantitative estimate of drug-likeness (QED) is 0.633. The smallest absolute Gasteiger partial charge is 0.240 e. The molecule has 1 aromatic rings. The number of nitrogens with one attached hydrogen (secondary N) is 1. The van der Waals surface area contributed by atoms with E-state index >= 15 is 0 Å². The zero-order chi connectivity index (χ0) is 14.8. The normalized spacial score (nSPS) is 11.7. The molecule has 0 aliphatic rings. The average Bonchev–Trinajstić information content (AvgIpc) is 2.42. The molecule has 2 N–H and O–H groups in total. The van der Waals surface area contributed by atoms with E-state index in [0.717, 1.165) is 6.42 Å². The average molecular weight is 303 g/mol. The van der Waals surface area contributed by atoms with Crippen molar-refractivity contribution in [3.8, 4) is 5.75 Å². The van der Waals surface area contributed by atoms with Crippen LogP contribution in [0, 0.1) is 0 Å². The van der Waals surface area contributed by atoms with Crippen molar-refractivity contribution in [2.75, 3.05) is 33.5 Å². The molecule has 0 unspecified atom stereocenters. The van der Waals surface area contributed by atoms with Gasteiger partial charge >= 0.3 is 0 Å². The Morgan fingerprint density at radius 3 is 2.70 bits per heavy atom. The van der Waals surface area contributed by atoms with Crippen molar-refractivity contribution in [2.45, 2.75) is 17.7 Å². The van der Waals surface area contributed by atoms with Crippen LogP contribution in [-0.2, 0) is 19.5 Å². The van der Waals surface area contributed by atoms with Gasteiger partial charge in [0.2, 0.25) is 10.0 Å². The second kappa shape index (κ2) is 8.91. The van der Waals surface area contributed by atoms with Gasteiger partial charge in [-0.2, -0.15) is 0 Å². The van der Waals surface area contributed by atoms with Gasteiger partial charge in [-0.05, 0) is 31.0 Å². The minimum atomic E-state index is -3.55. The summed E-state index contributed by atoms with van der Waals surface area (Å²) in [5.74, 6) is -0.0700. The molecule has 0 fully saturated rings. The number of hydrogen-bond acceptors (Lipinski definition) is 5. The minimum absolute atomic E-state index is 0.0637. The van der Waals surface area contributed by atoms with Crippen LogP contribution in [0.15, 0.2) is 29.2 Å². The van der Waals surface area contributed by atoms with Crippen molar-refractivity contribution in [1.82, 2.24) is 4.72 Å². The van der Waals surface area contributed by atoms with Crippen LogP contribution in [0.4, 0.5) is 0 Å². The monoisotopic (exact) mass is 303 g/mol. The van der Waals surface area contributed by atoms with E-state index in [-0.39, 0.29) is 10.6 Å². The molecule has 1 rings (SSSR count). The van der Waals surface area contributed by atoms with Gasteiger partial charge in [0, 0.05) is 20.3 Å². The molecule has 6 nitrogen and oxygen atoms in total. The Morgan fingerprint density at radius 2 is 2.00 bits per heavy atom. The van der Waals surface area contributed by atoms with Crippen LogP contribution in [0.2, 0.25) is 0 Å². The van der Waals surface area contributed by atoms with E-state index in [4.69, 9.17) is 9.47 Å². The fourth-order valence-electron chi connectivity index (χ4n) is 1.51. The van der Waals surface area contributed by atoms with E-state index < -0.39 is 10.0 Å². The predicted octanol–water partition coefficient (Wildman–Crippen LogP) is 1.11. The SMILES string of the molecule is COCCOCCCCNS(=O)(=O)c1cccc(O)c1. The number of methoxy groups -OCH3 is 1. The lowest BCUT2D eigenvalue weighted by atomic mass is 10.3. The summed E-state index contributed by atoms with van der Waals surface area (Å²) in [5.41, 5.74) is 0. The van der Waals surface area contributed by atoms with Gasteiger partial charge < -0.3 is 14.6 Å². The van der Waals surface area contributed by atoms with Crippen molar-refractivity contribution < 1.29 is 23.0 Å². The van der Waals surface area contributed by atoms with Crippen LogP contribution >= 0.6 is 0 Å². The molecule has 0 atom stereocenters. The van der Waals surface area contributed by atoms with Crippen LogP contribution in [0.25, 0.3) is 0 Å². The molecule has 114 valence electrons. The van der Waals surface area contributed by atoms with Crippen molar-refractivity contribution in [1.29, 1.82) is 0 Å². The van der Waals surface area contributed by atoms with Gasteiger partial charge in [-0.25, -0.2) is 13.1 Å². The van der Waals surface area contributed by atoms with Crippen molar-refractivity contribution >= 4 is 10.0 Å². The molecule has 7 heteroatoms. The number of phenolic OH excluding ortho intramolecular Hbond substituents is 1. The second-order valence-electron chi connectivity index (χ2n) is 4.21. The Hall–Kier alpha value is -1.15. The highest BCUT2D eigenvalue weighted by atomic mass is 32.2. The molecule has 20 heavy (non-hydrogen) atoms. The Morgan fingerprint density at radius 1 is 1.20 bits per heavy atom. The van der Waals surface area contributed by atoms with Crippen molar-refractivity contribution in [2.24, 2.45) is 0 Å². The largest absolute Gasteiger partial charge is 0.508 e. The van der Waals surface area contributed by atoms with Gasteiger partial charge in [0.05, 0.1) is 18.1 Å². The van der Waals surface area contributed by atoms with Gasteiger partial charge in [0.15, 0.2) is 0 Å². The molecule has 0 saturated carbocycles. The van der Waals surface area contributed by atoms with Gasteiger partial charge in [0.1, 0.15) is 5.75 Å². The van der Waals surface area contributed by atoms with E-state index in [1.807, 2.05) is 0 Å². The number of sulfonamides is 1. The third-order valence-electron chi connectivity index (χ3n) is 2.57. The summed E-state index contributed by atoms with van der Waals surface area (Å²) in [6.07, 6.45) is 1.46. The lowest BCUT2D eigenvalue weighted by Crippen LogP contribution is -2.25. The highest BCUT2D eigenvalue weighted by molar-refractivity contribution is 7.89. The molecule has 0 radical (unpaired) electrons. The molecule has 0 bridgehead atoms. The number of phenols is 1. The van der Waals surface area contributed by atoms with Crippen molar-refractivity contribution in [3.63, 3.8) is 0 Å². The van der Waals surface area contributed by atoms with E-state index in [0.29, 0.717) is 32.8 Å². The van der Waals surface area contributed by atoms with Crippen LogP contribution in [0.3, 0.4) is 0 Å². The molecular formula is C13H21NO5S. The lowest BCUT2D eigenvalue weighted by Gasteiger charge is -2.07. The van der Waals surface area contributed by atoms with Crippen LogP contribution in [0.1, 0.15) is 12.8 Å². The maximum Gasteiger partial charge on any atom is 0.240 e. The maximum absolute atomic E-state index is 11.9. The number of rotatable bonds is 10. The zero-order valence-electron chi connectivity index (χ0n) is 11.5. The van der Waals surface area contributed by atoms with Crippen LogP contribution < -0.4 is 4.72 Å². The minimum Gasteiger partial charge on any atom is -0.508 e.